The molecular formula is C20H27N7O3S. The van der Waals surface area contributed by atoms with Crippen LogP contribution in [0.4, 0.5) is 5.82 Å². The molecule has 0 saturated carbocycles. The van der Waals surface area contributed by atoms with E-state index in [1.54, 1.807) is 28.4 Å². The van der Waals surface area contributed by atoms with E-state index in [-0.39, 0.29) is 35.9 Å². The number of anilines is 1. The molecule has 0 bridgehead atoms. The Morgan fingerprint density at radius 1 is 1.35 bits per heavy atom. The molecule has 11 heteroatoms. The number of amides is 2. The summed E-state index contributed by atoms with van der Waals surface area (Å²) in [5.74, 6) is 0.851. The first-order chi connectivity index (χ1) is 14.9. The lowest BCUT2D eigenvalue weighted by Crippen LogP contribution is -2.53. The van der Waals surface area contributed by atoms with Gasteiger partial charge in [-0.1, -0.05) is 25.1 Å². The summed E-state index contributed by atoms with van der Waals surface area (Å²) >= 11 is 1.48. The maximum Gasteiger partial charge on any atom is 0.257 e. The van der Waals surface area contributed by atoms with Gasteiger partial charge >= 0.3 is 0 Å². The highest BCUT2D eigenvalue weighted by Gasteiger charge is 2.30. The van der Waals surface area contributed by atoms with Gasteiger partial charge in [-0.2, -0.15) is 5.10 Å². The van der Waals surface area contributed by atoms with E-state index in [0.717, 1.165) is 18.5 Å². The zero-order valence-corrected chi connectivity index (χ0v) is 18.7. The Bertz CT molecular complexity index is 1060. The Kier molecular flexibility index (Phi) is 6.15. The van der Waals surface area contributed by atoms with Crippen LogP contribution in [0.1, 0.15) is 56.2 Å². The van der Waals surface area contributed by atoms with E-state index >= 15 is 0 Å². The van der Waals surface area contributed by atoms with Crippen molar-refractivity contribution in [3.63, 3.8) is 0 Å². The van der Waals surface area contributed by atoms with Crippen LogP contribution in [0.2, 0.25) is 0 Å². The van der Waals surface area contributed by atoms with Crippen molar-refractivity contribution < 1.29 is 9.59 Å². The molecule has 10 nitrogen and oxygen atoms in total. The monoisotopic (exact) mass is 445 g/mol. The van der Waals surface area contributed by atoms with Gasteiger partial charge in [-0.25, -0.2) is 9.67 Å². The Balaban J connectivity index is 1.49. The van der Waals surface area contributed by atoms with Gasteiger partial charge in [0.05, 0.1) is 11.7 Å². The lowest BCUT2D eigenvalue weighted by Gasteiger charge is -2.32. The molecule has 2 aliphatic heterocycles. The van der Waals surface area contributed by atoms with Crippen molar-refractivity contribution in [3.05, 3.63) is 33.9 Å². The van der Waals surface area contributed by atoms with Crippen LogP contribution in [0.25, 0.3) is 0 Å². The molecule has 4 heterocycles. The number of fused-ring (bicyclic) bond motifs is 1. The summed E-state index contributed by atoms with van der Waals surface area (Å²) in [6.07, 6.45) is 3.47. The predicted octanol–water partition coefficient (Wildman–Crippen LogP) is 1.47. The number of thioether (sulfide) groups is 1. The van der Waals surface area contributed by atoms with Crippen molar-refractivity contribution in [2.45, 2.75) is 70.0 Å². The Morgan fingerprint density at radius 3 is 2.94 bits per heavy atom. The molecule has 31 heavy (non-hydrogen) atoms. The largest absolute Gasteiger partial charge is 0.322 e. The molecule has 1 fully saturated rings. The molecule has 0 spiro atoms. The zero-order valence-electron chi connectivity index (χ0n) is 17.8. The van der Waals surface area contributed by atoms with Crippen LogP contribution >= 0.6 is 11.8 Å². The van der Waals surface area contributed by atoms with Gasteiger partial charge < -0.3 is 10.6 Å². The molecular weight excluding hydrogens is 418 g/mol. The summed E-state index contributed by atoms with van der Waals surface area (Å²) in [7, 11) is 0. The number of nitrogens with zero attached hydrogens (tertiary/aromatic N) is 4. The van der Waals surface area contributed by atoms with Crippen molar-refractivity contribution in [1.29, 1.82) is 0 Å². The maximum atomic E-state index is 12.8. The second-order valence-electron chi connectivity index (χ2n) is 8.06. The average Bonchev–Trinajstić information content (AvgIpc) is 3.28. The van der Waals surface area contributed by atoms with Gasteiger partial charge in [-0.05, 0) is 20.3 Å². The highest BCUT2D eigenvalue weighted by molar-refractivity contribution is 7.99. The minimum Gasteiger partial charge on any atom is -0.322 e. The minimum absolute atomic E-state index is 0.0468. The van der Waals surface area contributed by atoms with Gasteiger partial charge in [0.2, 0.25) is 11.8 Å². The number of hydrogen-bond donors (Lipinski definition) is 3. The van der Waals surface area contributed by atoms with Crippen LogP contribution in [-0.4, -0.2) is 42.9 Å². The molecule has 1 saturated heterocycles. The minimum atomic E-state index is -0.529. The molecule has 2 amide bonds. The molecule has 2 aliphatic rings. The first kappa shape index (κ1) is 21.6. The standard InChI is InChI=1S/C20H27N7O3S/c1-4-5-13-7-16(28)24-19(22-13)27-15(6-12(3)25-27)23-17(29)8-14-10-31-20-21-9-11(2)18(30)26(14)20/h6,9,13-14,19,22H,4-5,7-8,10H2,1-3H3,(H,23,29)(H,24,28). The topological polar surface area (TPSA) is 123 Å². The van der Waals surface area contributed by atoms with Crippen molar-refractivity contribution in [3.8, 4) is 0 Å². The molecule has 4 rings (SSSR count). The van der Waals surface area contributed by atoms with E-state index in [1.807, 2.05) is 6.92 Å². The molecule has 2 aromatic rings. The molecule has 2 aromatic heterocycles. The number of aromatic nitrogens is 4. The summed E-state index contributed by atoms with van der Waals surface area (Å²) < 4.78 is 3.21. The van der Waals surface area contributed by atoms with Crippen molar-refractivity contribution in [1.82, 2.24) is 30.0 Å². The summed E-state index contributed by atoms with van der Waals surface area (Å²) in [6, 6.07) is 1.58. The Labute approximate surface area is 184 Å². The lowest BCUT2D eigenvalue weighted by atomic mass is 10.1. The molecule has 3 unspecified atom stereocenters. The van der Waals surface area contributed by atoms with Gasteiger partial charge in [-0.3, -0.25) is 24.3 Å². The second-order valence-corrected chi connectivity index (χ2v) is 9.05. The number of carbonyl (C=O) groups excluding carboxylic acids is 2. The molecule has 0 aromatic carbocycles. The highest BCUT2D eigenvalue weighted by Crippen LogP contribution is 2.32. The SMILES string of the molecule is CCCC1CC(=O)NC(n2nc(C)cc2NC(=O)CC2CSc3ncc(C)c(=O)n32)N1. The van der Waals surface area contributed by atoms with E-state index in [4.69, 9.17) is 0 Å². The van der Waals surface area contributed by atoms with E-state index in [1.165, 1.54) is 11.8 Å². The molecule has 0 radical (unpaired) electrons. The third-order valence-electron chi connectivity index (χ3n) is 5.45. The van der Waals surface area contributed by atoms with Crippen LogP contribution in [-0.2, 0) is 9.59 Å². The van der Waals surface area contributed by atoms with Crippen molar-refractivity contribution >= 4 is 29.4 Å². The van der Waals surface area contributed by atoms with Gasteiger partial charge in [0.1, 0.15) is 5.82 Å². The third-order valence-corrected chi connectivity index (χ3v) is 6.56. The quantitative estimate of drug-likeness (QED) is 0.575. The predicted molar refractivity (Wildman–Crippen MR) is 117 cm³/mol. The van der Waals surface area contributed by atoms with E-state index in [0.29, 0.717) is 28.7 Å². The summed E-state index contributed by atoms with van der Waals surface area (Å²) in [4.78, 5) is 41.8. The normalized spacial score (nSPS) is 22.8. The number of aryl methyl sites for hydroxylation is 2. The highest BCUT2D eigenvalue weighted by atomic mass is 32.2. The van der Waals surface area contributed by atoms with Gasteiger partial charge in [0, 0.05) is 42.5 Å². The second kappa shape index (κ2) is 8.83. The van der Waals surface area contributed by atoms with Crippen LogP contribution in [0.3, 0.4) is 0 Å². The number of hydrogen-bond acceptors (Lipinski definition) is 7. The van der Waals surface area contributed by atoms with E-state index in [2.05, 4.69) is 33.0 Å². The molecule has 3 atom stereocenters. The van der Waals surface area contributed by atoms with Crippen LogP contribution in [0, 0.1) is 13.8 Å². The van der Waals surface area contributed by atoms with Gasteiger partial charge in [-0.15, -0.1) is 0 Å². The van der Waals surface area contributed by atoms with E-state index < -0.39 is 6.29 Å². The molecule has 3 N–H and O–H groups in total. The van der Waals surface area contributed by atoms with Crippen molar-refractivity contribution in [2.24, 2.45) is 0 Å². The molecule has 166 valence electrons. The zero-order chi connectivity index (χ0) is 22.1. The summed E-state index contributed by atoms with van der Waals surface area (Å²) in [5, 5.41) is 14.3. The lowest BCUT2D eigenvalue weighted by molar-refractivity contribution is -0.125. The average molecular weight is 446 g/mol. The van der Waals surface area contributed by atoms with Crippen LogP contribution in [0.5, 0.6) is 0 Å². The Morgan fingerprint density at radius 2 is 2.16 bits per heavy atom. The van der Waals surface area contributed by atoms with Crippen molar-refractivity contribution in [2.75, 3.05) is 11.1 Å². The van der Waals surface area contributed by atoms with Gasteiger partial charge in [0.25, 0.3) is 5.56 Å². The molecule has 0 aliphatic carbocycles. The third kappa shape index (κ3) is 4.52. The smallest absolute Gasteiger partial charge is 0.257 e. The maximum absolute atomic E-state index is 12.8. The van der Waals surface area contributed by atoms with E-state index in [9.17, 15) is 14.4 Å². The number of nitrogens with one attached hydrogen (secondary N) is 3. The first-order valence-electron chi connectivity index (χ1n) is 10.5. The number of rotatable bonds is 6. The Hall–Kier alpha value is -2.66. The summed E-state index contributed by atoms with van der Waals surface area (Å²) in [6.45, 7) is 5.63. The first-order valence-corrected chi connectivity index (χ1v) is 11.5. The van der Waals surface area contributed by atoms with Crippen LogP contribution < -0.4 is 21.5 Å². The van der Waals surface area contributed by atoms with Crippen LogP contribution in [0.15, 0.2) is 22.2 Å². The van der Waals surface area contributed by atoms with Gasteiger partial charge in [0.15, 0.2) is 11.4 Å². The fourth-order valence-corrected chi connectivity index (χ4v) is 5.12. The summed E-state index contributed by atoms with van der Waals surface area (Å²) in [5.41, 5.74) is 1.18. The number of carbonyl (C=O) groups is 2. The fourth-order valence-electron chi connectivity index (χ4n) is 4.01. The fraction of sp³-hybridized carbons (Fsp3) is 0.550.